The van der Waals surface area contributed by atoms with Gasteiger partial charge in [-0.25, -0.2) is 4.39 Å². The van der Waals surface area contributed by atoms with Crippen LogP contribution < -0.4 is 5.32 Å². The molecule has 120 valence electrons. The molecule has 0 unspecified atom stereocenters. The van der Waals surface area contributed by atoms with Crippen molar-refractivity contribution < 1.29 is 14.3 Å². The van der Waals surface area contributed by atoms with E-state index in [0.29, 0.717) is 13.1 Å². The molecular weight excluding hydrogens is 303 g/mol. The Morgan fingerprint density at radius 3 is 2.59 bits per heavy atom. The van der Waals surface area contributed by atoms with Crippen molar-refractivity contribution in [2.45, 2.75) is 25.0 Å². The lowest BCUT2D eigenvalue weighted by Crippen LogP contribution is -2.48. The summed E-state index contributed by atoms with van der Waals surface area (Å²) in [7, 11) is 0. The largest absolute Gasteiger partial charge is 0.388 e. The van der Waals surface area contributed by atoms with Crippen LogP contribution in [-0.2, 0) is 4.79 Å². The Labute approximate surface area is 134 Å². The number of nitrogens with zero attached hydrogens (tertiary/aromatic N) is 1. The smallest absolute Gasteiger partial charge is 0.240 e. The Morgan fingerprint density at radius 1 is 1.32 bits per heavy atom. The van der Waals surface area contributed by atoms with E-state index in [-0.39, 0.29) is 23.7 Å². The summed E-state index contributed by atoms with van der Waals surface area (Å²) in [6.45, 7) is 1.37. The van der Waals surface area contributed by atoms with E-state index in [0.717, 1.165) is 30.0 Å². The quantitative estimate of drug-likeness (QED) is 0.890. The Bertz CT molecular complexity index is 511. The fourth-order valence-electron chi connectivity index (χ4n) is 3.14. The summed E-state index contributed by atoms with van der Waals surface area (Å²) in [6, 6.07) is 5.97. The normalized spacial score (nSPS) is 24.5. The predicted molar refractivity (Wildman–Crippen MR) is 84.9 cm³/mol. The standard InChI is InChI=1S/C16H21FN2O2S/c17-13-3-1-11(2-4-13)15(20)12-5-7-19(8-6-12)16(21)14-9-22-10-18-14/h1-4,12,14-15,18,20H,5-10H2/t14-,15+/m0/s1. The highest BCUT2D eigenvalue weighted by Crippen LogP contribution is 2.31. The maximum atomic E-state index is 12.9. The maximum absolute atomic E-state index is 12.9. The van der Waals surface area contributed by atoms with Gasteiger partial charge in [-0.15, -0.1) is 11.8 Å². The third-order valence-corrected chi connectivity index (χ3v) is 5.46. The van der Waals surface area contributed by atoms with Gasteiger partial charge in [-0.05, 0) is 36.5 Å². The molecular formula is C16H21FN2O2S. The number of hydrogen-bond donors (Lipinski definition) is 2. The van der Waals surface area contributed by atoms with Crippen LogP contribution in [-0.4, -0.2) is 46.7 Å². The molecule has 0 saturated carbocycles. The molecule has 0 radical (unpaired) electrons. The lowest BCUT2D eigenvalue weighted by molar-refractivity contribution is -0.134. The van der Waals surface area contributed by atoms with Crippen molar-refractivity contribution in [3.05, 3.63) is 35.6 Å². The molecule has 0 spiro atoms. The van der Waals surface area contributed by atoms with Crippen molar-refractivity contribution in [3.8, 4) is 0 Å². The van der Waals surface area contributed by atoms with Gasteiger partial charge in [-0.2, -0.15) is 0 Å². The highest BCUT2D eigenvalue weighted by Gasteiger charge is 2.32. The van der Waals surface area contributed by atoms with Gasteiger partial charge < -0.3 is 10.0 Å². The number of halogens is 1. The first-order chi connectivity index (χ1) is 10.6. The van der Waals surface area contributed by atoms with Crippen LogP contribution >= 0.6 is 11.8 Å². The van der Waals surface area contributed by atoms with Crippen LogP contribution in [0.3, 0.4) is 0 Å². The fraction of sp³-hybridized carbons (Fsp3) is 0.562. The fourth-order valence-corrected chi connectivity index (χ4v) is 4.07. The first kappa shape index (κ1) is 15.8. The first-order valence-corrected chi connectivity index (χ1v) is 8.84. The Morgan fingerprint density at radius 2 is 2.00 bits per heavy atom. The molecule has 0 aromatic heterocycles. The zero-order valence-electron chi connectivity index (χ0n) is 12.4. The summed E-state index contributed by atoms with van der Waals surface area (Å²) in [4.78, 5) is 14.2. The molecule has 2 N–H and O–H groups in total. The lowest BCUT2D eigenvalue weighted by atomic mass is 9.87. The van der Waals surface area contributed by atoms with Gasteiger partial charge in [0.2, 0.25) is 5.91 Å². The van der Waals surface area contributed by atoms with Gasteiger partial charge in [0.25, 0.3) is 0 Å². The first-order valence-electron chi connectivity index (χ1n) is 7.68. The van der Waals surface area contributed by atoms with Gasteiger partial charge in [0.15, 0.2) is 0 Å². The van der Waals surface area contributed by atoms with Crippen molar-refractivity contribution in [1.29, 1.82) is 0 Å². The Hall–Kier alpha value is -1.11. The molecule has 2 atom stereocenters. The van der Waals surface area contributed by atoms with Crippen LogP contribution in [0.1, 0.15) is 24.5 Å². The molecule has 2 aliphatic heterocycles. The average Bonchev–Trinajstić information content (AvgIpc) is 3.09. The van der Waals surface area contributed by atoms with Gasteiger partial charge >= 0.3 is 0 Å². The number of hydrogen-bond acceptors (Lipinski definition) is 4. The number of rotatable bonds is 3. The molecule has 1 aromatic carbocycles. The molecule has 1 amide bonds. The van der Waals surface area contributed by atoms with E-state index >= 15 is 0 Å². The summed E-state index contributed by atoms with van der Waals surface area (Å²) in [5, 5.41) is 13.6. The van der Waals surface area contributed by atoms with Crippen molar-refractivity contribution in [3.63, 3.8) is 0 Å². The molecule has 22 heavy (non-hydrogen) atoms. The summed E-state index contributed by atoms with van der Waals surface area (Å²) >= 11 is 1.75. The van der Waals surface area contributed by atoms with Gasteiger partial charge in [0.05, 0.1) is 12.1 Å². The molecule has 4 nitrogen and oxygen atoms in total. The summed E-state index contributed by atoms with van der Waals surface area (Å²) < 4.78 is 12.9. The number of piperidine rings is 1. The molecule has 6 heteroatoms. The van der Waals surface area contributed by atoms with Gasteiger partial charge in [0, 0.05) is 24.7 Å². The topological polar surface area (TPSA) is 52.6 Å². The van der Waals surface area contributed by atoms with Gasteiger partial charge in [0.1, 0.15) is 5.82 Å². The second-order valence-corrected chi connectivity index (χ2v) is 6.96. The SMILES string of the molecule is O=C([C@@H]1CSCN1)N1CCC([C@H](O)c2ccc(F)cc2)CC1. The van der Waals surface area contributed by atoms with Crippen LogP contribution in [0.25, 0.3) is 0 Å². The monoisotopic (exact) mass is 324 g/mol. The third kappa shape index (κ3) is 3.45. The zero-order valence-corrected chi connectivity index (χ0v) is 13.2. The van der Waals surface area contributed by atoms with E-state index < -0.39 is 6.10 Å². The van der Waals surface area contributed by atoms with E-state index in [9.17, 15) is 14.3 Å². The van der Waals surface area contributed by atoms with Gasteiger partial charge in [-0.1, -0.05) is 12.1 Å². The van der Waals surface area contributed by atoms with Crippen molar-refractivity contribution in [2.24, 2.45) is 5.92 Å². The number of amides is 1. The van der Waals surface area contributed by atoms with Crippen LogP contribution in [0, 0.1) is 11.7 Å². The number of aliphatic hydroxyl groups is 1. The second-order valence-electron chi connectivity index (χ2n) is 5.93. The minimum atomic E-state index is -0.585. The Kier molecular flexibility index (Phi) is 5.00. The van der Waals surface area contributed by atoms with Crippen molar-refractivity contribution in [2.75, 3.05) is 24.7 Å². The highest BCUT2D eigenvalue weighted by molar-refractivity contribution is 7.99. The van der Waals surface area contributed by atoms with E-state index in [2.05, 4.69) is 5.32 Å². The number of carbonyl (C=O) groups is 1. The zero-order chi connectivity index (χ0) is 15.5. The average molecular weight is 324 g/mol. The predicted octanol–water partition coefficient (Wildman–Crippen LogP) is 1.76. The molecule has 2 saturated heterocycles. The van der Waals surface area contributed by atoms with Crippen LogP contribution in [0.4, 0.5) is 4.39 Å². The highest BCUT2D eigenvalue weighted by atomic mass is 32.2. The number of benzene rings is 1. The third-order valence-electron chi connectivity index (χ3n) is 4.52. The molecule has 0 bridgehead atoms. The van der Waals surface area contributed by atoms with Crippen molar-refractivity contribution >= 4 is 17.7 Å². The van der Waals surface area contributed by atoms with Crippen LogP contribution in [0.2, 0.25) is 0 Å². The molecule has 2 aliphatic rings. The molecule has 3 rings (SSSR count). The number of nitrogens with one attached hydrogen (secondary N) is 1. The maximum Gasteiger partial charge on any atom is 0.240 e. The second kappa shape index (κ2) is 6.98. The minimum Gasteiger partial charge on any atom is -0.388 e. The summed E-state index contributed by atoms with van der Waals surface area (Å²) in [5.74, 6) is 1.70. The van der Waals surface area contributed by atoms with E-state index in [4.69, 9.17) is 0 Å². The molecule has 2 heterocycles. The van der Waals surface area contributed by atoms with Gasteiger partial charge in [-0.3, -0.25) is 10.1 Å². The minimum absolute atomic E-state index is 0.0522. The molecule has 2 fully saturated rings. The van der Waals surface area contributed by atoms with Crippen LogP contribution in [0.15, 0.2) is 24.3 Å². The molecule has 0 aliphatic carbocycles. The lowest BCUT2D eigenvalue weighted by Gasteiger charge is -2.35. The van der Waals surface area contributed by atoms with E-state index in [1.54, 1.807) is 23.9 Å². The van der Waals surface area contributed by atoms with Crippen LogP contribution in [0.5, 0.6) is 0 Å². The van der Waals surface area contributed by atoms with E-state index in [1.165, 1.54) is 12.1 Å². The number of likely N-dealkylation sites (tertiary alicyclic amines) is 1. The van der Waals surface area contributed by atoms with E-state index in [1.807, 2.05) is 4.90 Å². The summed E-state index contributed by atoms with van der Waals surface area (Å²) in [5.41, 5.74) is 0.750. The summed E-state index contributed by atoms with van der Waals surface area (Å²) in [6.07, 6.45) is 0.979. The number of carbonyl (C=O) groups excluding carboxylic acids is 1. The van der Waals surface area contributed by atoms with Crippen molar-refractivity contribution in [1.82, 2.24) is 10.2 Å². The number of aliphatic hydroxyl groups excluding tert-OH is 1. The molecule has 1 aromatic rings. The number of thioether (sulfide) groups is 1. The Balaban J connectivity index is 1.54.